The third-order valence-electron chi connectivity index (χ3n) is 1.00. The van der Waals surface area contributed by atoms with Crippen molar-refractivity contribution < 1.29 is 31.9 Å². The van der Waals surface area contributed by atoms with Crippen LogP contribution < -0.4 is 0 Å². The third-order valence-corrected chi connectivity index (χ3v) is 2.09. The van der Waals surface area contributed by atoms with E-state index in [1.165, 1.54) is 0 Å². The fourth-order valence-corrected chi connectivity index (χ4v) is 1.02. The lowest BCUT2D eigenvalue weighted by molar-refractivity contribution is -0.237. The van der Waals surface area contributed by atoms with E-state index < -0.39 is 34.4 Å². The Bertz CT molecular complexity index is 202. The number of hydrogen-bond donors (Lipinski definition) is 1. The van der Waals surface area contributed by atoms with Gasteiger partial charge in [0.05, 0.1) is 0 Å². The van der Waals surface area contributed by atoms with Crippen molar-refractivity contribution in [3.63, 3.8) is 0 Å². The zero-order valence-corrected chi connectivity index (χ0v) is 7.05. The molecule has 0 spiro atoms. The van der Waals surface area contributed by atoms with Crippen molar-refractivity contribution in [1.82, 2.24) is 0 Å². The highest BCUT2D eigenvalue weighted by molar-refractivity contribution is 8.01. The molecule has 2 nitrogen and oxygen atoms in total. The van der Waals surface area contributed by atoms with E-state index in [0.717, 1.165) is 6.92 Å². The van der Waals surface area contributed by atoms with Gasteiger partial charge in [0.2, 0.25) is 0 Å². The molecule has 0 rings (SSSR count). The molecule has 1 atom stereocenters. The van der Waals surface area contributed by atoms with Gasteiger partial charge < -0.3 is 5.11 Å². The van der Waals surface area contributed by atoms with Gasteiger partial charge in [-0.1, -0.05) is 11.8 Å². The van der Waals surface area contributed by atoms with Crippen LogP contribution in [0.2, 0.25) is 0 Å². The minimum absolute atomic E-state index is 0.757. The zero-order chi connectivity index (χ0) is 10.9. The summed E-state index contributed by atoms with van der Waals surface area (Å²) in [6.07, 6.45) is -5.72. The van der Waals surface area contributed by atoms with E-state index in [1.807, 2.05) is 0 Å². The van der Waals surface area contributed by atoms with Crippen LogP contribution in [0.15, 0.2) is 0 Å². The summed E-state index contributed by atoms with van der Waals surface area (Å²) < 4.78 is 58.7. The van der Waals surface area contributed by atoms with E-state index >= 15 is 0 Å². The smallest absolute Gasteiger partial charge is 0.464 e. The molecule has 0 radical (unpaired) electrons. The van der Waals surface area contributed by atoms with E-state index in [4.69, 9.17) is 5.11 Å². The lowest BCUT2D eigenvalue weighted by Crippen LogP contribution is -2.35. The molecule has 1 unspecified atom stereocenters. The highest BCUT2D eigenvalue weighted by Gasteiger charge is 2.59. The van der Waals surface area contributed by atoms with Crippen LogP contribution in [0.25, 0.3) is 0 Å². The Kier molecular flexibility index (Phi) is 3.54. The largest absolute Gasteiger partial charge is 0.480 e. The zero-order valence-electron chi connectivity index (χ0n) is 6.23. The van der Waals surface area contributed by atoms with Crippen LogP contribution in [0.4, 0.5) is 22.0 Å². The average Bonchev–Trinajstić information content (AvgIpc) is 1.83. The van der Waals surface area contributed by atoms with Gasteiger partial charge in [-0.05, 0) is 6.92 Å². The quantitative estimate of drug-likeness (QED) is 0.747. The van der Waals surface area contributed by atoms with E-state index in [0.29, 0.717) is 0 Å². The normalized spacial score (nSPS) is 15.5. The maximum atomic E-state index is 12.1. The molecular formula is C5H5F5O2S. The van der Waals surface area contributed by atoms with Gasteiger partial charge in [0.1, 0.15) is 5.25 Å². The number of halogens is 5. The van der Waals surface area contributed by atoms with Crippen LogP contribution in [-0.4, -0.2) is 27.8 Å². The van der Waals surface area contributed by atoms with Crippen molar-refractivity contribution in [2.24, 2.45) is 0 Å². The van der Waals surface area contributed by atoms with Crippen LogP contribution in [0, 0.1) is 0 Å². The first-order valence-corrected chi connectivity index (χ1v) is 3.81. The van der Waals surface area contributed by atoms with Gasteiger partial charge in [-0.25, -0.2) is 0 Å². The highest BCUT2D eigenvalue weighted by atomic mass is 32.2. The number of thioether (sulfide) groups is 1. The average molecular weight is 224 g/mol. The lowest BCUT2D eigenvalue weighted by Gasteiger charge is -2.20. The van der Waals surface area contributed by atoms with Gasteiger partial charge in [-0.3, -0.25) is 4.79 Å². The summed E-state index contributed by atoms with van der Waals surface area (Å²) in [6.45, 7) is 0.757. The van der Waals surface area contributed by atoms with Gasteiger partial charge in [0.25, 0.3) is 0 Å². The number of carboxylic acids is 1. The van der Waals surface area contributed by atoms with Gasteiger partial charge >= 0.3 is 17.4 Å². The lowest BCUT2D eigenvalue weighted by atomic mass is 10.5. The molecular weight excluding hydrogens is 219 g/mol. The molecule has 0 bridgehead atoms. The van der Waals surface area contributed by atoms with Crippen LogP contribution in [0.5, 0.6) is 0 Å². The minimum atomic E-state index is -5.72. The van der Waals surface area contributed by atoms with Crippen molar-refractivity contribution in [2.45, 2.75) is 23.6 Å². The van der Waals surface area contributed by atoms with Gasteiger partial charge in [0, 0.05) is 0 Å². The molecule has 78 valence electrons. The maximum Gasteiger partial charge on any atom is 0.464 e. The molecule has 0 aromatic heterocycles. The van der Waals surface area contributed by atoms with Crippen molar-refractivity contribution >= 4 is 17.7 Å². The summed E-state index contributed by atoms with van der Waals surface area (Å²) in [5.74, 6) is -1.71. The fourth-order valence-electron chi connectivity index (χ4n) is 0.339. The highest BCUT2D eigenvalue weighted by Crippen LogP contribution is 2.45. The first-order chi connectivity index (χ1) is 5.58. The Labute approximate surface area is 74.1 Å². The number of rotatable bonds is 3. The van der Waals surface area contributed by atoms with Crippen molar-refractivity contribution in [3.8, 4) is 0 Å². The maximum absolute atomic E-state index is 12.1. The molecule has 0 aliphatic heterocycles. The number of carbonyl (C=O) groups is 1. The van der Waals surface area contributed by atoms with E-state index in [2.05, 4.69) is 0 Å². The number of aliphatic carboxylic acids is 1. The molecule has 0 fully saturated rings. The second kappa shape index (κ2) is 3.69. The monoisotopic (exact) mass is 224 g/mol. The Morgan fingerprint density at radius 2 is 1.69 bits per heavy atom. The number of hydrogen-bond acceptors (Lipinski definition) is 2. The molecule has 8 heteroatoms. The summed E-state index contributed by atoms with van der Waals surface area (Å²) in [5.41, 5.74) is 0. The second-order valence-electron chi connectivity index (χ2n) is 2.11. The van der Waals surface area contributed by atoms with Crippen LogP contribution in [0.1, 0.15) is 6.92 Å². The van der Waals surface area contributed by atoms with Crippen LogP contribution in [-0.2, 0) is 4.79 Å². The molecule has 0 aromatic carbocycles. The summed E-state index contributed by atoms with van der Waals surface area (Å²) >= 11 is -0.941. The Morgan fingerprint density at radius 3 is 1.92 bits per heavy atom. The Morgan fingerprint density at radius 1 is 1.31 bits per heavy atom. The first kappa shape index (κ1) is 12.5. The third kappa shape index (κ3) is 3.37. The van der Waals surface area contributed by atoms with Crippen LogP contribution in [0.3, 0.4) is 0 Å². The van der Waals surface area contributed by atoms with E-state index in [-0.39, 0.29) is 0 Å². The molecule has 0 aromatic rings. The molecule has 13 heavy (non-hydrogen) atoms. The van der Waals surface area contributed by atoms with Crippen LogP contribution >= 0.6 is 11.8 Å². The standard InChI is InChI=1S/C5H5F5O2S/c1-2(3(11)12)13-5(9,10)4(6,7)8/h2H,1H3,(H,11,12). The Hall–Kier alpha value is -0.530. The van der Waals surface area contributed by atoms with Gasteiger partial charge in [-0.15, -0.1) is 0 Å². The topological polar surface area (TPSA) is 37.3 Å². The first-order valence-electron chi connectivity index (χ1n) is 2.93. The molecule has 1 N–H and O–H groups in total. The molecule has 0 aliphatic rings. The Balaban J connectivity index is 4.43. The predicted octanol–water partition coefficient (Wildman–Crippen LogP) is 2.35. The molecule has 0 amide bonds. The molecule has 0 aliphatic carbocycles. The van der Waals surface area contributed by atoms with E-state index in [9.17, 15) is 26.7 Å². The predicted molar refractivity (Wildman–Crippen MR) is 35.7 cm³/mol. The number of carboxylic acid groups (broad SMARTS) is 1. The van der Waals surface area contributed by atoms with Crippen molar-refractivity contribution in [3.05, 3.63) is 0 Å². The van der Waals surface area contributed by atoms with Crippen molar-refractivity contribution in [1.29, 1.82) is 0 Å². The van der Waals surface area contributed by atoms with Crippen molar-refractivity contribution in [2.75, 3.05) is 0 Å². The molecule has 0 saturated heterocycles. The second-order valence-corrected chi connectivity index (χ2v) is 3.57. The fraction of sp³-hybridized carbons (Fsp3) is 0.800. The SMILES string of the molecule is CC(SC(F)(F)C(F)(F)F)C(=O)O. The summed E-state index contributed by atoms with van der Waals surface area (Å²) in [5, 5.41) is 1.26. The van der Waals surface area contributed by atoms with E-state index in [1.54, 1.807) is 0 Å². The molecule has 0 heterocycles. The minimum Gasteiger partial charge on any atom is -0.480 e. The summed E-state index contributed by atoms with van der Waals surface area (Å²) in [4.78, 5) is 9.98. The molecule has 0 saturated carbocycles. The number of alkyl halides is 5. The summed E-state index contributed by atoms with van der Waals surface area (Å²) in [6, 6.07) is 0. The summed E-state index contributed by atoms with van der Waals surface area (Å²) in [7, 11) is 0. The van der Waals surface area contributed by atoms with Gasteiger partial charge in [0.15, 0.2) is 0 Å². The van der Waals surface area contributed by atoms with Gasteiger partial charge in [-0.2, -0.15) is 22.0 Å².